The molecule has 2 heterocycles. The van der Waals surface area contributed by atoms with Crippen LogP contribution in [-0.4, -0.2) is 26.3 Å². The molecule has 2 N–H and O–H groups in total. The second kappa shape index (κ2) is 7.06. The third-order valence-corrected chi connectivity index (χ3v) is 3.22. The topological polar surface area (TPSA) is 67.7 Å². The number of nitrogens with zero attached hydrogens (tertiary/aromatic N) is 4. The first kappa shape index (κ1) is 15.3. The van der Waals surface area contributed by atoms with Gasteiger partial charge in [0.1, 0.15) is 17.5 Å². The lowest BCUT2D eigenvalue weighted by atomic mass is 10.2. The van der Waals surface area contributed by atoms with Gasteiger partial charge >= 0.3 is 0 Å². The molecule has 2 rings (SSSR count). The lowest BCUT2D eigenvalue weighted by Gasteiger charge is -2.10. The van der Waals surface area contributed by atoms with Crippen LogP contribution in [0.4, 0.5) is 11.6 Å². The Balaban J connectivity index is 2.09. The van der Waals surface area contributed by atoms with Gasteiger partial charge in [-0.25, -0.2) is 9.97 Å². The maximum atomic E-state index is 4.52. The fourth-order valence-electron chi connectivity index (χ4n) is 2.10. The van der Waals surface area contributed by atoms with Crippen LogP contribution in [0.5, 0.6) is 0 Å². The summed E-state index contributed by atoms with van der Waals surface area (Å²) in [4.78, 5) is 9.01. The quantitative estimate of drug-likeness (QED) is 0.819. The highest BCUT2D eigenvalue weighted by Gasteiger charge is 2.06. The van der Waals surface area contributed by atoms with Crippen molar-refractivity contribution < 1.29 is 0 Å². The number of hydrogen-bond donors (Lipinski definition) is 2. The summed E-state index contributed by atoms with van der Waals surface area (Å²) in [5.74, 6) is 2.58. The highest BCUT2D eigenvalue weighted by Crippen LogP contribution is 2.14. The highest BCUT2D eigenvalue weighted by atomic mass is 15.3. The molecular weight excluding hydrogens is 264 g/mol. The van der Waals surface area contributed by atoms with E-state index in [0.717, 1.165) is 42.5 Å². The summed E-state index contributed by atoms with van der Waals surface area (Å²) in [6.45, 7) is 7.85. The summed E-state index contributed by atoms with van der Waals surface area (Å²) >= 11 is 0. The predicted octanol–water partition coefficient (Wildman–Crippen LogP) is 2.51. The van der Waals surface area contributed by atoms with E-state index < -0.39 is 0 Å². The average Bonchev–Trinajstić information content (AvgIpc) is 2.80. The van der Waals surface area contributed by atoms with Crippen molar-refractivity contribution in [3.05, 3.63) is 29.3 Å². The molecule has 0 atom stereocenters. The Morgan fingerprint density at radius 2 is 1.86 bits per heavy atom. The van der Waals surface area contributed by atoms with Crippen LogP contribution in [0.1, 0.15) is 37.4 Å². The molecule has 0 aromatic carbocycles. The number of aryl methyl sites for hydroxylation is 3. The van der Waals surface area contributed by atoms with Crippen LogP contribution < -0.4 is 10.6 Å². The molecule has 0 fully saturated rings. The van der Waals surface area contributed by atoms with E-state index in [-0.39, 0.29) is 0 Å². The summed E-state index contributed by atoms with van der Waals surface area (Å²) < 4.78 is 1.83. The van der Waals surface area contributed by atoms with Gasteiger partial charge in [-0.1, -0.05) is 13.8 Å². The first-order chi connectivity index (χ1) is 10.1. The van der Waals surface area contributed by atoms with Crippen LogP contribution in [0.15, 0.2) is 12.3 Å². The Hall–Kier alpha value is -2.11. The van der Waals surface area contributed by atoms with Gasteiger partial charge in [-0.3, -0.25) is 4.68 Å². The third-order valence-electron chi connectivity index (χ3n) is 3.22. The van der Waals surface area contributed by atoms with Crippen molar-refractivity contribution in [3.8, 4) is 0 Å². The van der Waals surface area contributed by atoms with Crippen molar-refractivity contribution in [3.63, 3.8) is 0 Å². The van der Waals surface area contributed by atoms with Crippen molar-refractivity contribution in [2.45, 2.75) is 40.2 Å². The Morgan fingerprint density at radius 1 is 1.14 bits per heavy atom. The molecule has 114 valence electrons. The third kappa shape index (κ3) is 4.18. The van der Waals surface area contributed by atoms with Crippen LogP contribution in [0, 0.1) is 6.92 Å². The minimum Gasteiger partial charge on any atom is -0.370 e. The van der Waals surface area contributed by atoms with E-state index in [2.05, 4.69) is 39.5 Å². The van der Waals surface area contributed by atoms with Crippen molar-refractivity contribution in [2.75, 3.05) is 17.2 Å². The van der Waals surface area contributed by atoms with E-state index in [1.54, 1.807) is 0 Å². The van der Waals surface area contributed by atoms with Crippen LogP contribution in [0.3, 0.4) is 0 Å². The van der Waals surface area contributed by atoms with Crippen molar-refractivity contribution in [1.82, 2.24) is 19.7 Å². The Kier molecular flexibility index (Phi) is 5.14. The second-order valence-corrected chi connectivity index (χ2v) is 5.10. The van der Waals surface area contributed by atoms with Gasteiger partial charge in [0.05, 0.1) is 5.69 Å². The molecule has 21 heavy (non-hydrogen) atoms. The molecule has 0 amide bonds. The fourth-order valence-corrected chi connectivity index (χ4v) is 2.10. The maximum absolute atomic E-state index is 4.52. The van der Waals surface area contributed by atoms with E-state index in [0.29, 0.717) is 6.54 Å². The molecule has 0 bridgehead atoms. The molecule has 0 saturated carbocycles. The minimum atomic E-state index is 0.715. The standard InChI is InChI=1S/C15H24N6/c1-5-7-16-14-8-15(19-13(6-2)18-14)17-9-12-10-21(4)20-11(12)3/h8,10H,5-7,9H2,1-4H3,(H2,16,17,18,19). The van der Waals surface area contributed by atoms with Crippen molar-refractivity contribution in [1.29, 1.82) is 0 Å². The van der Waals surface area contributed by atoms with Crippen LogP contribution in [0.2, 0.25) is 0 Å². The zero-order chi connectivity index (χ0) is 15.2. The van der Waals surface area contributed by atoms with Gasteiger partial charge in [0.25, 0.3) is 0 Å². The zero-order valence-electron chi connectivity index (χ0n) is 13.3. The lowest BCUT2D eigenvalue weighted by molar-refractivity contribution is 0.756. The van der Waals surface area contributed by atoms with Crippen molar-refractivity contribution >= 4 is 11.6 Å². The van der Waals surface area contributed by atoms with Crippen LogP contribution >= 0.6 is 0 Å². The van der Waals surface area contributed by atoms with Gasteiger partial charge in [0.15, 0.2) is 0 Å². The van der Waals surface area contributed by atoms with Gasteiger partial charge in [-0.2, -0.15) is 5.10 Å². The van der Waals surface area contributed by atoms with E-state index in [1.165, 1.54) is 5.56 Å². The van der Waals surface area contributed by atoms with Gasteiger partial charge < -0.3 is 10.6 Å². The maximum Gasteiger partial charge on any atom is 0.132 e. The molecule has 2 aromatic rings. The molecule has 0 aliphatic heterocycles. The second-order valence-electron chi connectivity index (χ2n) is 5.10. The molecule has 0 aliphatic rings. The smallest absolute Gasteiger partial charge is 0.132 e. The highest BCUT2D eigenvalue weighted by molar-refractivity contribution is 5.48. The summed E-state index contributed by atoms with van der Waals surface area (Å²) in [5, 5.41) is 11.0. The van der Waals surface area contributed by atoms with Crippen molar-refractivity contribution in [2.24, 2.45) is 7.05 Å². The van der Waals surface area contributed by atoms with Crippen LogP contribution in [-0.2, 0) is 20.0 Å². The molecule has 6 nitrogen and oxygen atoms in total. The minimum absolute atomic E-state index is 0.715. The van der Waals surface area contributed by atoms with E-state index in [4.69, 9.17) is 0 Å². The van der Waals surface area contributed by atoms with Gasteiger partial charge in [-0.15, -0.1) is 0 Å². The summed E-state index contributed by atoms with van der Waals surface area (Å²) in [7, 11) is 1.93. The Labute approximate surface area is 126 Å². The number of aromatic nitrogens is 4. The monoisotopic (exact) mass is 288 g/mol. The number of anilines is 2. The van der Waals surface area contributed by atoms with Gasteiger partial charge in [0, 0.05) is 44.4 Å². The number of nitrogens with one attached hydrogen (secondary N) is 2. The molecule has 2 aromatic heterocycles. The van der Waals surface area contributed by atoms with E-state index in [1.807, 2.05) is 30.9 Å². The Bertz CT molecular complexity index is 590. The molecule has 0 spiro atoms. The number of hydrogen-bond acceptors (Lipinski definition) is 5. The predicted molar refractivity (Wildman–Crippen MR) is 85.5 cm³/mol. The SMILES string of the molecule is CCCNc1cc(NCc2cn(C)nc2C)nc(CC)n1. The average molecular weight is 288 g/mol. The molecule has 0 saturated heterocycles. The largest absolute Gasteiger partial charge is 0.370 e. The first-order valence-corrected chi connectivity index (χ1v) is 7.47. The molecule has 0 radical (unpaired) electrons. The zero-order valence-corrected chi connectivity index (χ0v) is 13.3. The first-order valence-electron chi connectivity index (χ1n) is 7.47. The number of rotatable bonds is 7. The molecule has 0 aliphatic carbocycles. The lowest BCUT2D eigenvalue weighted by Crippen LogP contribution is -2.08. The van der Waals surface area contributed by atoms with E-state index in [9.17, 15) is 0 Å². The van der Waals surface area contributed by atoms with Gasteiger partial charge in [0.2, 0.25) is 0 Å². The molecule has 6 heteroatoms. The normalized spacial score (nSPS) is 10.7. The Morgan fingerprint density at radius 3 is 2.43 bits per heavy atom. The molecular formula is C15H24N6. The summed E-state index contributed by atoms with van der Waals surface area (Å²) in [5.41, 5.74) is 2.22. The molecule has 0 unspecified atom stereocenters. The van der Waals surface area contributed by atoms with Gasteiger partial charge in [-0.05, 0) is 13.3 Å². The van der Waals surface area contributed by atoms with Crippen LogP contribution in [0.25, 0.3) is 0 Å². The summed E-state index contributed by atoms with van der Waals surface area (Å²) in [6.07, 6.45) is 3.92. The fraction of sp³-hybridized carbons (Fsp3) is 0.533. The summed E-state index contributed by atoms with van der Waals surface area (Å²) in [6, 6.07) is 1.96. The van der Waals surface area contributed by atoms with E-state index >= 15 is 0 Å².